The van der Waals surface area contributed by atoms with Crippen molar-refractivity contribution in [3.63, 3.8) is 0 Å². The fourth-order valence-electron chi connectivity index (χ4n) is 3.26. The Hall–Kier alpha value is -3.31. The normalized spacial score (nSPS) is 15.4. The van der Waals surface area contributed by atoms with Crippen molar-refractivity contribution >= 4 is 5.91 Å². The summed E-state index contributed by atoms with van der Waals surface area (Å²) >= 11 is 0. The minimum atomic E-state index is -1.06. The molecule has 0 aliphatic carbocycles. The Morgan fingerprint density at radius 2 is 1.32 bits per heavy atom. The van der Waals surface area contributed by atoms with E-state index in [1.807, 2.05) is 60.7 Å². The summed E-state index contributed by atoms with van der Waals surface area (Å²) in [4.78, 5) is 14.0. The minimum Gasteiger partial charge on any atom is -0.488 e. The zero-order valence-corrected chi connectivity index (χ0v) is 15.5. The molecule has 28 heavy (non-hydrogen) atoms. The maximum atomic E-state index is 12.7. The summed E-state index contributed by atoms with van der Waals surface area (Å²) in [5.74, 6) is 0.645. The molecule has 1 N–H and O–H groups in total. The van der Waals surface area contributed by atoms with Crippen molar-refractivity contribution < 1.29 is 19.4 Å². The number of nitrogens with zero attached hydrogens (tertiary/aromatic N) is 1. The third-order valence-electron chi connectivity index (χ3n) is 4.80. The molecule has 1 amide bonds. The molecular formula is C23H21NO4. The van der Waals surface area contributed by atoms with Crippen LogP contribution in [0.1, 0.15) is 33.3 Å². The lowest BCUT2D eigenvalue weighted by Crippen LogP contribution is -2.22. The van der Waals surface area contributed by atoms with Gasteiger partial charge in [-0.15, -0.1) is 0 Å². The maximum Gasteiger partial charge on any atom is 0.260 e. The van der Waals surface area contributed by atoms with Crippen molar-refractivity contribution in [1.82, 2.24) is 4.90 Å². The molecule has 1 aliphatic heterocycles. The average molecular weight is 375 g/mol. The molecule has 0 spiro atoms. The van der Waals surface area contributed by atoms with Gasteiger partial charge in [0.2, 0.25) is 0 Å². The summed E-state index contributed by atoms with van der Waals surface area (Å²) < 4.78 is 11.8. The lowest BCUT2D eigenvalue weighted by Gasteiger charge is -2.17. The van der Waals surface area contributed by atoms with Gasteiger partial charge in [-0.05, 0) is 23.3 Å². The van der Waals surface area contributed by atoms with Crippen LogP contribution in [0.3, 0.4) is 0 Å². The molecule has 0 unspecified atom stereocenters. The molecule has 5 nitrogen and oxygen atoms in total. The van der Waals surface area contributed by atoms with Crippen LogP contribution in [0.2, 0.25) is 0 Å². The van der Waals surface area contributed by atoms with E-state index in [4.69, 9.17) is 9.47 Å². The molecule has 0 saturated heterocycles. The Morgan fingerprint density at radius 1 is 0.821 bits per heavy atom. The number of hydrogen-bond acceptors (Lipinski definition) is 4. The Balaban J connectivity index is 1.62. The Bertz CT molecular complexity index is 973. The zero-order valence-electron chi connectivity index (χ0n) is 15.5. The fraction of sp³-hybridized carbons (Fsp3) is 0.174. The lowest BCUT2D eigenvalue weighted by atomic mass is 10.1. The monoisotopic (exact) mass is 375 g/mol. The molecule has 0 saturated carbocycles. The number of aliphatic hydroxyl groups is 1. The SMILES string of the molecule is CN1C(=O)c2c(OCc3ccccc3)ccc(OCc3ccccc3)c2[C@@H]1O. The first-order chi connectivity index (χ1) is 13.6. The summed E-state index contributed by atoms with van der Waals surface area (Å²) in [6.07, 6.45) is -1.06. The molecular weight excluding hydrogens is 354 g/mol. The molecule has 0 fully saturated rings. The van der Waals surface area contributed by atoms with E-state index < -0.39 is 6.23 Å². The number of amides is 1. The number of rotatable bonds is 6. The van der Waals surface area contributed by atoms with Gasteiger partial charge in [0.05, 0.1) is 11.1 Å². The van der Waals surface area contributed by atoms with Gasteiger partial charge in [0, 0.05) is 7.05 Å². The topological polar surface area (TPSA) is 59.0 Å². The molecule has 0 aromatic heterocycles. The number of ether oxygens (including phenoxy) is 2. The smallest absolute Gasteiger partial charge is 0.260 e. The third-order valence-corrected chi connectivity index (χ3v) is 4.80. The van der Waals surface area contributed by atoms with Gasteiger partial charge in [-0.3, -0.25) is 4.79 Å². The fourth-order valence-corrected chi connectivity index (χ4v) is 3.26. The first-order valence-electron chi connectivity index (χ1n) is 9.10. The van der Waals surface area contributed by atoms with Gasteiger partial charge in [0.1, 0.15) is 24.7 Å². The van der Waals surface area contributed by atoms with Gasteiger partial charge in [-0.25, -0.2) is 0 Å². The second-order valence-electron chi connectivity index (χ2n) is 6.69. The highest BCUT2D eigenvalue weighted by Gasteiger charge is 2.38. The van der Waals surface area contributed by atoms with Crippen LogP contribution in [0.15, 0.2) is 72.8 Å². The van der Waals surface area contributed by atoms with Gasteiger partial charge in [0.15, 0.2) is 6.23 Å². The van der Waals surface area contributed by atoms with Crippen LogP contribution in [0.4, 0.5) is 0 Å². The number of carbonyl (C=O) groups excluding carboxylic acids is 1. The Kier molecular flexibility index (Phi) is 5.00. The van der Waals surface area contributed by atoms with Crippen molar-refractivity contribution in [3.05, 3.63) is 95.1 Å². The summed E-state index contributed by atoms with van der Waals surface area (Å²) in [6.45, 7) is 0.687. The predicted octanol–water partition coefficient (Wildman–Crippen LogP) is 3.92. The van der Waals surface area contributed by atoms with E-state index in [0.717, 1.165) is 11.1 Å². The van der Waals surface area contributed by atoms with Gasteiger partial charge in [-0.1, -0.05) is 60.7 Å². The van der Waals surface area contributed by atoms with Crippen molar-refractivity contribution in [2.75, 3.05) is 7.05 Å². The minimum absolute atomic E-state index is 0.282. The molecule has 1 aliphatic rings. The number of hydrogen-bond donors (Lipinski definition) is 1. The average Bonchev–Trinajstić information content (AvgIpc) is 2.97. The predicted molar refractivity (Wildman–Crippen MR) is 105 cm³/mol. The van der Waals surface area contributed by atoms with Crippen molar-refractivity contribution in [1.29, 1.82) is 0 Å². The van der Waals surface area contributed by atoms with Gasteiger partial charge in [-0.2, -0.15) is 0 Å². The highest BCUT2D eigenvalue weighted by molar-refractivity contribution is 6.02. The first-order valence-corrected chi connectivity index (χ1v) is 9.10. The zero-order chi connectivity index (χ0) is 19.5. The number of aliphatic hydroxyl groups excluding tert-OH is 1. The Morgan fingerprint density at radius 3 is 1.89 bits per heavy atom. The molecule has 142 valence electrons. The van der Waals surface area contributed by atoms with Crippen LogP contribution in [-0.4, -0.2) is 23.0 Å². The van der Waals surface area contributed by atoms with Crippen LogP contribution in [0.5, 0.6) is 11.5 Å². The van der Waals surface area contributed by atoms with E-state index >= 15 is 0 Å². The van der Waals surface area contributed by atoms with Crippen LogP contribution in [0, 0.1) is 0 Å². The molecule has 3 aromatic carbocycles. The van der Waals surface area contributed by atoms with Crippen molar-refractivity contribution in [2.24, 2.45) is 0 Å². The van der Waals surface area contributed by atoms with E-state index in [2.05, 4.69) is 0 Å². The molecule has 1 atom stereocenters. The summed E-state index contributed by atoms with van der Waals surface area (Å²) in [5, 5.41) is 10.6. The standard InChI is InChI=1S/C23H21NO4/c1-24-22(25)20-18(27-14-16-8-4-2-5-9-16)12-13-19(21(20)23(24)26)28-15-17-10-6-3-7-11-17/h2-13,22,25H,14-15H2,1H3/t22-/m0/s1. The molecule has 3 aromatic rings. The first kappa shape index (κ1) is 18.1. The summed E-state index contributed by atoms with van der Waals surface area (Å²) in [5.41, 5.74) is 2.82. The quantitative estimate of drug-likeness (QED) is 0.709. The van der Waals surface area contributed by atoms with E-state index in [0.29, 0.717) is 35.8 Å². The van der Waals surface area contributed by atoms with Gasteiger partial charge < -0.3 is 19.5 Å². The number of fused-ring (bicyclic) bond motifs is 1. The van der Waals surface area contributed by atoms with Crippen molar-refractivity contribution in [2.45, 2.75) is 19.4 Å². The van der Waals surface area contributed by atoms with Gasteiger partial charge in [0.25, 0.3) is 5.91 Å². The summed E-state index contributed by atoms with van der Waals surface area (Å²) in [7, 11) is 1.56. The molecule has 0 bridgehead atoms. The van der Waals surface area contributed by atoms with Crippen molar-refractivity contribution in [3.8, 4) is 11.5 Å². The molecule has 0 radical (unpaired) electrons. The highest BCUT2D eigenvalue weighted by Crippen LogP contribution is 2.42. The maximum absolute atomic E-state index is 12.7. The van der Waals surface area contributed by atoms with E-state index in [-0.39, 0.29) is 5.91 Å². The van der Waals surface area contributed by atoms with Crippen LogP contribution < -0.4 is 9.47 Å². The summed E-state index contributed by atoms with van der Waals surface area (Å²) in [6, 6.07) is 23.0. The number of carbonyl (C=O) groups is 1. The lowest BCUT2D eigenvalue weighted by molar-refractivity contribution is 0.0289. The van der Waals surface area contributed by atoms with E-state index in [9.17, 15) is 9.90 Å². The molecule has 5 heteroatoms. The van der Waals surface area contributed by atoms with Crippen LogP contribution in [-0.2, 0) is 13.2 Å². The Labute approximate surface area is 163 Å². The largest absolute Gasteiger partial charge is 0.488 e. The highest BCUT2D eigenvalue weighted by atomic mass is 16.5. The number of benzene rings is 3. The van der Waals surface area contributed by atoms with Crippen LogP contribution >= 0.6 is 0 Å². The van der Waals surface area contributed by atoms with E-state index in [1.165, 1.54) is 4.90 Å². The van der Waals surface area contributed by atoms with Crippen LogP contribution in [0.25, 0.3) is 0 Å². The molecule has 4 rings (SSSR count). The second-order valence-corrected chi connectivity index (χ2v) is 6.69. The van der Waals surface area contributed by atoms with Gasteiger partial charge >= 0.3 is 0 Å². The third kappa shape index (κ3) is 3.44. The van der Waals surface area contributed by atoms with E-state index in [1.54, 1.807) is 19.2 Å². The second kappa shape index (κ2) is 7.74. The molecule has 1 heterocycles.